The first-order valence-corrected chi connectivity index (χ1v) is 10.5. The zero-order valence-corrected chi connectivity index (χ0v) is 15.5. The molecule has 0 saturated heterocycles. The van der Waals surface area contributed by atoms with Gasteiger partial charge in [-0.25, -0.2) is 30.9 Å². The van der Waals surface area contributed by atoms with Crippen molar-refractivity contribution in [2.24, 2.45) is 0 Å². The number of nitrogens with one attached hydrogen (secondary N) is 2. The Balaban J connectivity index is 2.28. The number of hydrogen-bond donors (Lipinski definition) is 2. The molecule has 1 aromatic carbocycles. The maximum absolute atomic E-state index is 13.6. The van der Waals surface area contributed by atoms with E-state index in [2.05, 4.69) is 14.4 Å². The average Bonchev–Trinajstić information content (AvgIpc) is 2.84. The van der Waals surface area contributed by atoms with Gasteiger partial charge in [0, 0.05) is 5.54 Å². The molecule has 7 nitrogen and oxygen atoms in total. The number of sulfonamides is 2. The van der Waals surface area contributed by atoms with Gasteiger partial charge in [0.1, 0.15) is 10.7 Å². The van der Waals surface area contributed by atoms with Gasteiger partial charge in [-0.3, -0.25) is 4.72 Å². The zero-order valence-electron chi connectivity index (χ0n) is 13.1. The smallest absolute Gasteiger partial charge is 0.255 e. The van der Waals surface area contributed by atoms with Crippen LogP contribution >= 0.6 is 11.3 Å². The van der Waals surface area contributed by atoms with Gasteiger partial charge in [0.2, 0.25) is 0 Å². The van der Waals surface area contributed by atoms with E-state index in [1.165, 1.54) is 12.1 Å². The molecule has 2 rings (SSSR count). The van der Waals surface area contributed by atoms with E-state index in [0.29, 0.717) is 11.3 Å². The van der Waals surface area contributed by atoms with E-state index in [4.69, 9.17) is 0 Å². The number of benzene rings is 1. The van der Waals surface area contributed by atoms with Crippen LogP contribution in [0.3, 0.4) is 0 Å². The molecule has 11 heteroatoms. The summed E-state index contributed by atoms with van der Waals surface area (Å²) in [4.78, 5) is 3.20. The quantitative estimate of drug-likeness (QED) is 0.810. The number of rotatable bonds is 5. The predicted octanol–water partition coefficient (Wildman–Crippen LogP) is 2.16. The van der Waals surface area contributed by atoms with Gasteiger partial charge >= 0.3 is 0 Å². The molecular weight excluding hydrogens is 377 g/mol. The fourth-order valence-corrected chi connectivity index (χ4v) is 5.49. The highest BCUT2D eigenvalue weighted by Crippen LogP contribution is 2.26. The molecule has 1 heterocycles. The van der Waals surface area contributed by atoms with Crippen LogP contribution in [-0.4, -0.2) is 27.4 Å². The molecule has 132 valence electrons. The molecule has 0 unspecified atom stereocenters. The Morgan fingerprint density at radius 2 is 1.71 bits per heavy atom. The summed E-state index contributed by atoms with van der Waals surface area (Å²) in [5.74, 6) is -0.913. The summed E-state index contributed by atoms with van der Waals surface area (Å²) in [5, 5.41) is -0.174. The summed E-state index contributed by atoms with van der Waals surface area (Å²) >= 11 is 0.634. The summed E-state index contributed by atoms with van der Waals surface area (Å²) in [5.41, 5.74) is -0.699. The van der Waals surface area contributed by atoms with Crippen molar-refractivity contribution in [1.82, 2.24) is 9.71 Å². The van der Waals surface area contributed by atoms with Crippen LogP contribution in [0.4, 0.5) is 9.52 Å². The number of hydrogen-bond acceptors (Lipinski definition) is 6. The highest BCUT2D eigenvalue weighted by molar-refractivity contribution is 7.93. The van der Waals surface area contributed by atoms with Crippen LogP contribution in [0.5, 0.6) is 0 Å². The molecule has 0 aliphatic rings. The Morgan fingerprint density at radius 1 is 1.08 bits per heavy atom. The minimum atomic E-state index is -4.20. The van der Waals surface area contributed by atoms with Crippen LogP contribution in [0.15, 0.2) is 39.6 Å². The zero-order chi connectivity index (χ0) is 18.2. The van der Waals surface area contributed by atoms with Crippen molar-refractivity contribution >= 4 is 36.5 Å². The fourth-order valence-electron chi connectivity index (χ4n) is 1.72. The first kappa shape index (κ1) is 18.8. The van der Waals surface area contributed by atoms with E-state index in [1.807, 2.05) is 0 Å². The maximum Gasteiger partial charge on any atom is 0.266 e. The van der Waals surface area contributed by atoms with Crippen molar-refractivity contribution in [2.75, 3.05) is 4.72 Å². The summed E-state index contributed by atoms with van der Waals surface area (Å²) < 4.78 is 66.7. The minimum Gasteiger partial charge on any atom is -0.255 e. The van der Waals surface area contributed by atoms with E-state index in [9.17, 15) is 21.2 Å². The van der Waals surface area contributed by atoms with Gasteiger partial charge in [0.05, 0.1) is 6.20 Å². The monoisotopic (exact) mass is 393 g/mol. The molecule has 2 aromatic rings. The van der Waals surface area contributed by atoms with Crippen LogP contribution < -0.4 is 9.44 Å². The Hall–Kier alpha value is -1.56. The van der Waals surface area contributed by atoms with Crippen LogP contribution in [-0.2, 0) is 20.0 Å². The van der Waals surface area contributed by atoms with E-state index >= 15 is 0 Å². The molecule has 0 atom stereocenters. The molecular formula is C13H16FN3O4S3. The Labute approximate surface area is 144 Å². The Kier molecular flexibility index (Phi) is 5.00. The third-order valence-corrected chi connectivity index (χ3v) is 7.17. The molecule has 1 aromatic heterocycles. The number of halogens is 1. The lowest BCUT2D eigenvalue weighted by Crippen LogP contribution is -2.40. The summed E-state index contributed by atoms with van der Waals surface area (Å²) in [6, 6.07) is 4.85. The first-order chi connectivity index (χ1) is 10.9. The standard InChI is InChI=1S/C13H16FN3O4S3/c1-13(2,3)17-24(20,21)11-8-15-12(22-11)16-23(18,19)10-7-5-4-6-9(10)14/h4-8,17H,1-3H3,(H,15,16). The highest BCUT2D eigenvalue weighted by Gasteiger charge is 2.26. The number of anilines is 1. The van der Waals surface area contributed by atoms with Crippen molar-refractivity contribution in [1.29, 1.82) is 0 Å². The Morgan fingerprint density at radius 3 is 2.29 bits per heavy atom. The molecule has 0 fully saturated rings. The molecule has 24 heavy (non-hydrogen) atoms. The SMILES string of the molecule is CC(C)(C)NS(=O)(=O)c1cnc(NS(=O)(=O)c2ccccc2F)s1. The summed E-state index contributed by atoms with van der Waals surface area (Å²) in [7, 11) is -8.03. The van der Waals surface area contributed by atoms with Crippen LogP contribution in [0.25, 0.3) is 0 Å². The second kappa shape index (κ2) is 6.39. The van der Waals surface area contributed by atoms with Gasteiger partial charge in [-0.2, -0.15) is 0 Å². The van der Waals surface area contributed by atoms with Crippen LogP contribution in [0, 0.1) is 5.82 Å². The maximum atomic E-state index is 13.6. The second-order valence-corrected chi connectivity index (χ2v) is 10.5. The van der Waals surface area contributed by atoms with Gasteiger partial charge < -0.3 is 0 Å². The lowest BCUT2D eigenvalue weighted by atomic mass is 10.1. The van der Waals surface area contributed by atoms with Gasteiger partial charge in [-0.05, 0) is 32.9 Å². The molecule has 0 radical (unpaired) electrons. The second-order valence-electron chi connectivity index (χ2n) is 5.88. The summed E-state index contributed by atoms with van der Waals surface area (Å²) in [6.07, 6.45) is 1.04. The normalized spacial score (nSPS) is 13.0. The van der Waals surface area contributed by atoms with Gasteiger partial charge in [-0.15, -0.1) is 0 Å². The minimum absolute atomic E-state index is 0.149. The van der Waals surface area contributed by atoms with E-state index < -0.39 is 36.3 Å². The number of nitrogens with zero attached hydrogens (tertiary/aromatic N) is 1. The highest BCUT2D eigenvalue weighted by atomic mass is 32.2. The molecule has 0 bridgehead atoms. The fraction of sp³-hybridized carbons (Fsp3) is 0.308. The molecule has 0 amide bonds. The third-order valence-electron chi connectivity index (χ3n) is 2.54. The Bertz CT molecular complexity index is 947. The molecule has 0 aliphatic carbocycles. The van der Waals surface area contributed by atoms with Gasteiger partial charge in [-0.1, -0.05) is 23.5 Å². The van der Waals surface area contributed by atoms with Gasteiger partial charge in [0.15, 0.2) is 9.34 Å². The topological polar surface area (TPSA) is 105 Å². The molecule has 0 aliphatic heterocycles. The van der Waals surface area contributed by atoms with Crippen molar-refractivity contribution < 1.29 is 21.2 Å². The lowest BCUT2D eigenvalue weighted by Gasteiger charge is -2.19. The van der Waals surface area contributed by atoms with E-state index in [1.54, 1.807) is 20.8 Å². The van der Waals surface area contributed by atoms with E-state index in [0.717, 1.165) is 18.3 Å². The van der Waals surface area contributed by atoms with Crippen molar-refractivity contribution in [3.05, 3.63) is 36.3 Å². The largest absolute Gasteiger partial charge is 0.266 e. The first-order valence-electron chi connectivity index (χ1n) is 6.68. The summed E-state index contributed by atoms with van der Waals surface area (Å²) in [6.45, 7) is 5.02. The molecule has 0 spiro atoms. The molecule has 0 saturated carbocycles. The van der Waals surface area contributed by atoms with Crippen molar-refractivity contribution in [3.8, 4) is 0 Å². The van der Waals surface area contributed by atoms with Crippen molar-refractivity contribution in [2.45, 2.75) is 35.4 Å². The predicted molar refractivity (Wildman–Crippen MR) is 89.4 cm³/mol. The van der Waals surface area contributed by atoms with Crippen LogP contribution in [0.1, 0.15) is 20.8 Å². The average molecular weight is 393 g/mol. The molecule has 2 N–H and O–H groups in total. The van der Waals surface area contributed by atoms with Gasteiger partial charge in [0.25, 0.3) is 20.0 Å². The number of thiazole rings is 1. The lowest BCUT2D eigenvalue weighted by molar-refractivity contribution is 0.492. The number of aromatic nitrogens is 1. The van der Waals surface area contributed by atoms with E-state index in [-0.39, 0.29) is 9.34 Å². The van der Waals surface area contributed by atoms with Crippen molar-refractivity contribution in [3.63, 3.8) is 0 Å². The van der Waals surface area contributed by atoms with Crippen LogP contribution in [0.2, 0.25) is 0 Å². The third kappa shape index (κ3) is 4.50.